The molecule has 0 saturated carbocycles. The summed E-state index contributed by atoms with van der Waals surface area (Å²) in [7, 11) is 8.08. The zero-order valence-electron chi connectivity index (χ0n) is 13.3. The fourth-order valence-corrected chi connectivity index (χ4v) is 2.37. The molecule has 0 saturated heterocycles. The van der Waals surface area contributed by atoms with E-state index in [2.05, 4.69) is 55.2 Å². The van der Waals surface area contributed by atoms with E-state index in [1.54, 1.807) is 7.11 Å². The Morgan fingerprint density at radius 3 is 2.25 bits per heavy atom. The van der Waals surface area contributed by atoms with E-state index in [0.29, 0.717) is 13.2 Å². The molecule has 0 spiro atoms. The highest BCUT2D eigenvalue weighted by molar-refractivity contribution is 5.25. The molecule has 0 heterocycles. The number of ether oxygens (including phenoxy) is 1. The summed E-state index contributed by atoms with van der Waals surface area (Å²) < 4.78 is 5.14. The lowest BCUT2D eigenvalue weighted by atomic mass is 10.0. The summed E-state index contributed by atoms with van der Waals surface area (Å²) in [6.07, 6.45) is 1.15. The van der Waals surface area contributed by atoms with Crippen LogP contribution in [0.3, 0.4) is 0 Å². The van der Waals surface area contributed by atoms with Gasteiger partial charge in [-0.15, -0.1) is 0 Å². The van der Waals surface area contributed by atoms with E-state index in [0.717, 1.165) is 19.5 Å². The highest BCUT2D eigenvalue weighted by Gasteiger charge is 2.15. The number of hydrogen-bond donors (Lipinski definition) is 1. The Morgan fingerprint density at radius 2 is 1.75 bits per heavy atom. The number of benzene rings is 1. The Morgan fingerprint density at radius 1 is 1.10 bits per heavy atom. The van der Waals surface area contributed by atoms with Gasteiger partial charge in [0.2, 0.25) is 0 Å². The van der Waals surface area contributed by atoms with Crippen LogP contribution in [0.5, 0.6) is 0 Å². The summed E-state index contributed by atoms with van der Waals surface area (Å²) >= 11 is 0. The van der Waals surface area contributed by atoms with Crippen molar-refractivity contribution in [3.8, 4) is 0 Å². The van der Waals surface area contributed by atoms with Gasteiger partial charge in [-0.05, 0) is 51.8 Å². The number of hydrogen-bond acceptors (Lipinski definition) is 4. The van der Waals surface area contributed by atoms with Gasteiger partial charge in [0.05, 0.1) is 6.61 Å². The van der Waals surface area contributed by atoms with Gasteiger partial charge in [-0.3, -0.25) is 4.90 Å². The first-order chi connectivity index (χ1) is 9.58. The average molecular weight is 279 g/mol. The van der Waals surface area contributed by atoms with Crippen molar-refractivity contribution in [2.24, 2.45) is 5.73 Å². The quantitative estimate of drug-likeness (QED) is 0.747. The molecule has 2 N–H and O–H groups in total. The maximum Gasteiger partial charge on any atom is 0.0713 e. The maximum atomic E-state index is 5.96. The van der Waals surface area contributed by atoms with Crippen molar-refractivity contribution >= 4 is 0 Å². The van der Waals surface area contributed by atoms with Crippen LogP contribution in [0, 0.1) is 0 Å². The van der Waals surface area contributed by atoms with Gasteiger partial charge in [0.1, 0.15) is 0 Å². The Hall–Kier alpha value is -0.940. The van der Waals surface area contributed by atoms with Crippen LogP contribution in [0.4, 0.5) is 0 Å². The molecule has 0 amide bonds. The molecule has 1 rings (SSSR count). The SMILES string of the molecule is COCc1ccc(C(CN)N(C)CCCN(C)C)cc1. The lowest BCUT2D eigenvalue weighted by molar-refractivity contribution is 0.185. The summed E-state index contributed by atoms with van der Waals surface area (Å²) in [6.45, 7) is 3.46. The summed E-state index contributed by atoms with van der Waals surface area (Å²) in [4.78, 5) is 4.56. The van der Waals surface area contributed by atoms with Gasteiger partial charge >= 0.3 is 0 Å². The standard InChI is InChI=1S/C16H29N3O/c1-18(2)10-5-11-19(3)16(12-17)15-8-6-14(7-9-15)13-20-4/h6-9,16H,5,10-13,17H2,1-4H3. The van der Waals surface area contributed by atoms with Gasteiger partial charge in [0.15, 0.2) is 0 Å². The first-order valence-corrected chi connectivity index (χ1v) is 7.21. The van der Waals surface area contributed by atoms with Crippen molar-refractivity contribution in [1.29, 1.82) is 0 Å². The minimum atomic E-state index is 0.286. The van der Waals surface area contributed by atoms with Crippen LogP contribution in [0.15, 0.2) is 24.3 Å². The van der Waals surface area contributed by atoms with Gasteiger partial charge in [-0.2, -0.15) is 0 Å². The zero-order valence-corrected chi connectivity index (χ0v) is 13.3. The molecule has 114 valence electrons. The first kappa shape index (κ1) is 17.1. The van der Waals surface area contributed by atoms with Gasteiger partial charge in [-0.25, -0.2) is 0 Å². The van der Waals surface area contributed by atoms with E-state index in [9.17, 15) is 0 Å². The Kier molecular flexibility index (Phi) is 7.77. The molecule has 4 nitrogen and oxygen atoms in total. The predicted octanol–water partition coefficient (Wildman–Crippen LogP) is 1.72. The number of rotatable bonds is 9. The van der Waals surface area contributed by atoms with Crippen LogP contribution in [0.2, 0.25) is 0 Å². The molecule has 1 unspecified atom stereocenters. The van der Waals surface area contributed by atoms with Crippen molar-refractivity contribution in [3.63, 3.8) is 0 Å². The minimum Gasteiger partial charge on any atom is -0.380 e. The lowest BCUT2D eigenvalue weighted by Gasteiger charge is -2.28. The van der Waals surface area contributed by atoms with Gasteiger partial charge < -0.3 is 15.4 Å². The van der Waals surface area contributed by atoms with Crippen molar-refractivity contribution in [2.75, 3.05) is 47.9 Å². The molecular formula is C16H29N3O. The summed E-state index contributed by atoms with van der Waals surface area (Å²) in [5.41, 5.74) is 8.43. The van der Waals surface area contributed by atoms with E-state index < -0.39 is 0 Å². The van der Waals surface area contributed by atoms with Crippen molar-refractivity contribution in [1.82, 2.24) is 9.80 Å². The third-order valence-corrected chi connectivity index (χ3v) is 3.55. The normalized spacial score (nSPS) is 13.2. The van der Waals surface area contributed by atoms with E-state index in [1.807, 2.05) is 0 Å². The van der Waals surface area contributed by atoms with Crippen molar-refractivity contribution in [3.05, 3.63) is 35.4 Å². The number of likely N-dealkylation sites (N-methyl/N-ethyl adjacent to an activating group) is 1. The monoisotopic (exact) mass is 279 g/mol. The summed E-state index contributed by atoms with van der Waals surface area (Å²) in [6, 6.07) is 8.85. The molecule has 0 bridgehead atoms. The Bertz CT molecular complexity index is 364. The van der Waals surface area contributed by atoms with Crippen LogP contribution in [0.1, 0.15) is 23.6 Å². The second-order valence-corrected chi connectivity index (χ2v) is 5.56. The molecule has 0 aliphatic heterocycles. The molecular weight excluding hydrogens is 250 g/mol. The number of methoxy groups -OCH3 is 1. The smallest absolute Gasteiger partial charge is 0.0713 e. The Labute approximate surface area is 123 Å². The van der Waals surface area contributed by atoms with Crippen molar-refractivity contribution < 1.29 is 4.74 Å². The third-order valence-electron chi connectivity index (χ3n) is 3.55. The molecule has 4 heteroatoms. The number of nitrogens with zero attached hydrogens (tertiary/aromatic N) is 2. The minimum absolute atomic E-state index is 0.286. The average Bonchev–Trinajstić information content (AvgIpc) is 2.41. The molecule has 1 atom stereocenters. The molecule has 0 aliphatic rings. The lowest BCUT2D eigenvalue weighted by Crippen LogP contribution is -2.32. The second kappa shape index (κ2) is 9.08. The predicted molar refractivity (Wildman–Crippen MR) is 84.8 cm³/mol. The van der Waals surface area contributed by atoms with Gasteiger partial charge in [-0.1, -0.05) is 24.3 Å². The summed E-state index contributed by atoms with van der Waals surface area (Å²) in [5, 5.41) is 0. The van der Waals surface area contributed by atoms with Crippen LogP contribution in [0.25, 0.3) is 0 Å². The van der Waals surface area contributed by atoms with E-state index in [4.69, 9.17) is 10.5 Å². The molecule has 1 aromatic carbocycles. The fourth-order valence-electron chi connectivity index (χ4n) is 2.37. The molecule has 0 aromatic heterocycles. The second-order valence-electron chi connectivity index (χ2n) is 5.56. The van der Waals surface area contributed by atoms with E-state index in [1.165, 1.54) is 11.1 Å². The molecule has 0 aliphatic carbocycles. The highest BCUT2D eigenvalue weighted by Crippen LogP contribution is 2.19. The molecule has 0 radical (unpaired) electrons. The molecule has 0 fully saturated rings. The largest absolute Gasteiger partial charge is 0.380 e. The van der Waals surface area contributed by atoms with Crippen LogP contribution in [-0.4, -0.2) is 57.7 Å². The Balaban J connectivity index is 2.59. The van der Waals surface area contributed by atoms with Gasteiger partial charge in [0.25, 0.3) is 0 Å². The molecule has 20 heavy (non-hydrogen) atoms. The first-order valence-electron chi connectivity index (χ1n) is 7.21. The van der Waals surface area contributed by atoms with Gasteiger partial charge in [0, 0.05) is 19.7 Å². The van der Waals surface area contributed by atoms with Crippen LogP contribution >= 0.6 is 0 Å². The fraction of sp³-hybridized carbons (Fsp3) is 0.625. The third kappa shape index (κ3) is 5.59. The zero-order chi connectivity index (χ0) is 15.0. The van der Waals surface area contributed by atoms with E-state index >= 15 is 0 Å². The maximum absolute atomic E-state index is 5.96. The topological polar surface area (TPSA) is 41.7 Å². The summed E-state index contributed by atoms with van der Waals surface area (Å²) in [5.74, 6) is 0. The molecule has 1 aromatic rings. The van der Waals surface area contributed by atoms with E-state index in [-0.39, 0.29) is 6.04 Å². The number of nitrogens with two attached hydrogens (primary N) is 1. The van der Waals surface area contributed by atoms with Crippen LogP contribution in [-0.2, 0) is 11.3 Å². The highest BCUT2D eigenvalue weighted by atomic mass is 16.5. The van der Waals surface area contributed by atoms with Crippen LogP contribution < -0.4 is 5.73 Å². The van der Waals surface area contributed by atoms with Crippen molar-refractivity contribution in [2.45, 2.75) is 19.1 Å².